The van der Waals surface area contributed by atoms with Gasteiger partial charge in [-0.25, -0.2) is 4.39 Å². The summed E-state index contributed by atoms with van der Waals surface area (Å²) < 4.78 is 51.0. The van der Waals surface area contributed by atoms with Gasteiger partial charge in [-0.15, -0.1) is 11.3 Å². The van der Waals surface area contributed by atoms with E-state index in [4.69, 9.17) is 5.73 Å². The molecule has 1 aromatic carbocycles. The Balaban J connectivity index is 2.45. The molecule has 1 unspecified atom stereocenters. The molecule has 19 heavy (non-hydrogen) atoms. The van der Waals surface area contributed by atoms with Gasteiger partial charge in [0.05, 0.1) is 5.56 Å². The predicted molar refractivity (Wildman–Crippen MR) is 67.3 cm³/mol. The van der Waals surface area contributed by atoms with Crippen LogP contribution in [0.2, 0.25) is 0 Å². The van der Waals surface area contributed by atoms with Gasteiger partial charge in [-0.1, -0.05) is 6.07 Å². The highest BCUT2D eigenvalue weighted by atomic mass is 32.1. The molecule has 0 spiro atoms. The Morgan fingerprint density at radius 3 is 2.37 bits per heavy atom. The molecule has 2 aromatic rings. The molecule has 1 atom stereocenters. The lowest BCUT2D eigenvalue weighted by Gasteiger charge is -2.09. The SMILES string of the molecule is CC(N)c1ccc(-c2ccc(F)c(C(F)(F)F)c2)s1. The Hall–Kier alpha value is -1.40. The minimum absolute atomic E-state index is 0.179. The number of thiophene rings is 1. The summed E-state index contributed by atoms with van der Waals surface area (Å²) in [5, 5.41) is 0. The van der Waals surface area contributed by atoms with Gasteiger partial charge in [0.2, 0.25) is 0 Å². The van der Waals surface area contributed by atoms with Crippen molar-refractivity contribution in [1.82, 2.24) is 0 Å². The van der Waals surface area contributed by atoms with E-state index < -0.39 is 17.6 Å². The van der Waals surface area contributed by atoms with E-state index in [-0.39, 0.29) is 6.04 Å². The van der Waals surface area contributed by atoms with Gasteiger partial charge in [0.15, 0.2) is 0 Å². The van der Waals surface area contributed by atoms with Gasteiger partial charge in [-0.3, -0.25) is 0 Å². The lowest BCUT2D eigenvalue weighted by Crippen LogP contribution is -2.07. The molecule has 102 valence electrons. The predicted octanol–water partition coefficient (Wildman–Crippen LogP) is 4.59. The average molecular weight is 289 g/mol. The number of alkyl halides is 3. The van der Waals surface area contributed by atoms with E-state index in [2.05, 4.69) is 0 Å². The van der Waals surface area contributed by atoms with Gasteiger partial charge in [0.25, 0.3) is 0 Å². The van der Waals surface area contributed by atoms with E-state index in [0.717, 1.165) is 17.0 Å². The highest BCUT2D eigenvalue weighted by molar-refractivity contribution is 7.15. The molecule has 0 aliphatic carbocycles. The first-order valence-corrected chi connectivity index (χ1v) is 6.33. The summed E-state index contributed by atoms with van der Waals surface area (Å²) in [5.74, 6) is -1.26. The zero-order valence-electron chi connectivity index (χ0n) is 9.96. The number of rotatable bonds is 2. The van der Waals surface area contributed by atoms with Crippen molar-refractivity contribution in [3.8, 4) is 10.4 Å². The van der Waals surface area contributed by atoms with Crippen LogP contribution >= 0.6 is 11.3 Å². The molecule has 0 aliphatic heterocycles. The van der Waals surface area contributed by atoms with Crippen molar-refractivity contribution >= 4 is 11.3 Å². The van der Waals surface area contributed by atoms with Crippen molar-refractivity contribution in [2.75, 3.05) is 0 Å². The van der Waals surface area contributed by atoms with Crippen molar-refractivity contribution in [3.63, 3.8) is 0 Å². The van der Waals surface area contributed by atoms with Gasteiger partial charge in [0.1, 0.15) is 5.82 Å². The number of hydrogen-bond acceptors (Lipinski definition) is 2. The monoisotopic (exact) mass is 289 g/mol. The van der Waals surface area contributed by atoms with E-state index in [1.54, 1.807) is 19.1 Å². The Morgan fingerprint density at radius 1 is 1.16 bits per heavy atom. The largest absolute Gasteiger partial charge is 0.419 e. The molecule has 0 radical (unpaired) electrons. The van der Waals surface area contributed by atoms with Crippen LogP contribution in [0.15, 0.2) is 30.3 Å². The normalized spacial score (nSPS) is 13.6. The van der Waals surface area contributed by atoms with Gasteiger partial charge in [-0.05, 0) is 36.8 Å². The molecule has 2 rings (SSSR count). The van der Waals surface area contributed by atoms with Crippen molar-refractivity contribution in [2.45, 2.75) is 19.1 Å². The molecule has 2 N–H and O–H groups in total. The molecule has 0 saturated heterocycles. The molecular weight excluding hydrogens is 278 g/mol. The van der Waals surface area contributed by atoms with Crippen molar-refractivity contribution < 1.29 is 17.6 Å². The van der Waals surface area contributed by atoms with E-state index in [1.807, 2.05) is 0 Å². The lowest BCUT2D eigenvalue weighted by molar-refractivity contribution is -0.139. The third-order valence-electron chi connectivity index (χ3n) is 2.63. The molecule has 0 bridgehead atoms. The third-order valence-corrected chi connectivity index (χ3v) is 3.97. The Bertz CT molecular complexity index is 587. The Kier molecular flexibility index (Phi) is 3.64. The standard InChI is InChI=1S/C13H11F4NS/c1-7(18)11-4-5-12(19-11)8-2-3-10(14)9(6-8)13(15,16)17/h2-7H,18H2,1H3. The minimum Gasteiger partial charge on any atom is -0.324 e. The summed E-state index contributed by atoms with van der Waals surface area (Å²) in [6, 6.07) is 6.27. The summed E-state index contributed by atoms with van der Waals surface area (Å²) in [6.45, 7) is 1.79. The van der Waals surface area contributed by atoms with Crippen LogP contribution in [0.25, 0.3) is 10.4 Å². The van der Waals surface area contributed by atoms with Crippen molar-refractivity contribution in [3.05, 3.63) is 46.6 Å². The van der Waals surface area contributed by atoms with Crippen LogP contribution in [0.4, 0.5) is 17.6 Å². The zero-order valence-corrected chi connectivity index (χ0v) is 10.8. The van der Waals surface area contributed by atoms with Crippen LogP contribution < -0.4 is 5.73 Å². The number of nitrogens with two attached hydrogens (primary N) is 1. The second-order valence-corrected chi connectivity index (χ2v) is 5.30. The lowest BCUT2D eigenvalue weighted by atomic mass is 10.1. The fourth-order valence-corrected chi connectivity index (χ4v) is 2.61. The number of hydrogen-bond donors (Lipinski definition) is 1. The van der Waals surface area contributed by atoms with Crippen LogP contribution in [0.3, 0.4) is 0 Å². The second-order valence-electron chi connectivity index (χ2n) is 4.18. The van der Waals surface area contributed by atoms with Crippen LogP contribution in [0.1, 0.15) is 23.4 Å². The van der Waals surface area contributed by atoms with Crippen LogP contribution in [-0.4, -0.2) is 0 Å². The molecule has 0 saturated carbocycles. The maximum Gasteiger partial charge on any atom is 0.419 e. The first kappa shape index (κ1) is 14.0. The molecular formula is C13H11F4NS. The fraction of sp³-hybridized carbons (Fsp3) is 0.231. The van der Waals surface area contributed by atoms with Crippen LogP contribution in [-0.2, 0) is 6.18 Å². The van der Waals surface area contributed by atoms with Gasteiger partial charge in [0, 0.05) is 15.8 Å². The molecule has 1 nitrogen and oxygen atoms in total. The Morgan fingerprint density at radius 2 is 1.84 bits per heavy atom. The summed E-state index contributed by atoms with van der Waals surface area (Å²) in [5.41, 5.74) is 4.79. The topological polar surface area (TPSA) is 26.0 Å². The minimum atomic E-state index is -4.69. The van der Waals surface area contributed by atoms with Crippen LogP contribution in [0.5, 0.6) is 0 Å². The third kappa shape index (κ3) is 2.96. The molecule has 6 heteroatoms. The van der Waals surface area contributed by atoms with Crippen LogP contribution in [0, 0.1) is 5.82 Å². The van der Waals surface area contributed by atoms with E-state index in [1.165, 1.54) is 17.4 Å². The van der Waals surface area contributed by atoms with E-state index >= 15 is 0 Å². The van der Waals surface area contributed by atoms with Crippen molar-refractivity contribution in [2.24, 2.45) is 5.73 Å². The Labute approximate surface area is 111 Å². The first-order valence-electron chi connectivity index (χ1n) is 5.51. The molecule has 1 heterocycles. The quantitative estimate of drug-likeness (QED) is 0.804. The molecule has 1 aromatic heterocycles. The van der Waals surface area contributed by atoms with E-state index in [0.29, 0.717) is 10.4 Å². The molecule has 0 fully saturated rings. The zero-order chi connectivity index (χ0) is 14.2. The summed E-state index contributed by atoms with van der Waals surface area (Å²) in [4.78, 5) is 1.51. The summed E-state index contributed by atoms with van der Waals surface area (Å²) in [6.07, 6.45) is -4.69. The fourth-order valence-electron chi connectivity index (χ4n) is 1.65. The van der Waals surface area contributed by atoms with E-state index in [9.17, 15) is 17.6 Å². The van der Waals surface area contributed by atoms with Gasteiger partial charge in [-0.2, -0.15) is 13.2 Å². The highest BCUT2D eigenvalue weighted by Crippen LogP contribution is 2.36. The van der Waals surface area contributed by atoms with Gasteiger partial charge < -0.3 is 5.73 Å². The second kappa shape index (κ2) is 4.94. The van der Waals surface area contributed by atoms with Crippen molar-refractivity contribution in [1.29, 1.82) is 0 Å². The van der Waals surface area contributed by atoms with Gasteiger partial charge >= 0.3 is 6.18 Å². The number of halogens is 4. The number of benzene rings is 1. The molecule has 0 aliphatic rings. The summed E-state index contributed by atoms with van der Waals surface area (Å²) in [7, 11) is 0. The first-order chi connectivity index (χ1) is 8.79. The summed E-state index contributed by atoms with van der Waals surface area (Å²) >= 11 is 1.30. The maximum atomic E-state index is 13.2. The highest BCUT2D eigenvalue weighted by Gasteiger charge is 2.34. The smallest absolute Gasteiger partial charge is 0.324 e. The average Bonchev–Trinajstić information content (AvgIpc) is 2.77. The maximum absolute atomic E-state index is 13.2. The molecule has 0 amide bonds.